The molecule has 3 aliphatic rings. The standard InChI is InChI=1S/C21H18N.C7H9.2ClH.Hf/c1-2-8-16-14-17(13-15(16)7-1)22-20-11-5-3-9-18(20)19-10-4-6-12-21(19)22;1-6-4-3-5-7(6)2;;;/h1-3,5,7-9,11,13-14H,4,6,10,12H2;4H,3H2,1-2H3;2*1H;/q;;;;+2/p-2. The summed E-state index contributed by atoms with van der Waals surface area (Å²) in [5.74, 6) is 0. The van der Waals surface area contributed by atoms with Crippen LogP contribution in [0.2, 0.25) is 0 Å². The van der Waals surface area contributed by atoms with E-state index in [1.807, 2.05) is 3.33 Å². The van der Waals surface area contributed by atoms with Crippen molar-refractivity contribution in [2.24, 2.45) is 0 Å². The second-order valence-electron chi connectivity index (χ2n) is 8.96. The summed E-state index contributed by atoms with van der Waals surface area (Å²) in [6, 6.07) is 18.3. The number of nitrogens with zero attached hydrogens (tertiary/aromatic N) is 1. The number of fused-ring (bicyclic) bond motifs is 4. The van der Waals surface area contributed by atoms with Crippen LogP contribution in [0.15, 0.2) is 69.1 Å². The van der Waals surface area contributed by atoms with Crippen LogP contribution in [0.1, 0.15) is 59.2 Å². The van der Waals surface area contributed by atoms with Gasteiger partial charge in [0.05, 0.1) is 0 Å². The Morgan fingerprint density at radius 2 is 1.66 bits per heavy atom. The van der Waals surface area contributed by atoms with Gasteiger partial charge in [0.15, 0.2) is 0 Å². The third kappa shape index (κ3) is 3.73. The van der Waals surface area contributed by atoms with Gasteiger partial charge in [-0.25, -0.2) is 0 Å². The van der Waals surface area contributed by atoms with Gasteiger partial charge >= 0.3 is 191 Å². The second-order valence-corrected chi connectivity index (χ2v) is 14.2. The molecule has 1 heterocycles. The van der Waals surface area contributed by atoms with Gasteiger partial charge in [-0.15, -0.1) is 0 Å². The second kappa shape index (κ2) is 9.49. The molecule has 0 fully saturated rings. The van der Waals surface area contributed by atoms with Crippen LogP contribution in [0.5, 0.6) is 0 Å². The van der Waals surface area contributed by atoms with E-state index in [0.717, 1.165) is 0 Å². The van der Waals surface area contributed by atoms with Crippen molar-refractivity contribution in [1.82, 2.24) is 4.57 Å². The Labute approximate surface area is 214 Å². The van der Waals surface area contributed by atoms with Crippen molar-refractivity contribution in [2.75, 3.05) is 0 Å². The van der Waals surface area contributed by atoms with Gasteiger partial charge < -0.3 is 24.8 Å². The Kier molecular flexibility index (Phi) is 7.05. The van der Waals surface area contributed by atoms with Crippen LogP contribution >= 0.6 is 0 Å². The van der Waals surface area contributed by atoms with E-state index >= 15 is 0 Å². The van der Waals surface area contributed by atoms with Crippen molar-refractivity contribution >= 4 is 22.7 Å². The summed E-state index contributed by atoms with van der Waals surface area (Å²) in [4.78, 5) is 0. The first-order chi connectivity index (χ1) is 14.7. The maximum atomic E-state index is 2.70. The SMILES string of the molecule is CC1=CC[C]([Hf+2][CH]2C(n3c4c(c5ccccc53)CCCC4)=Cc3ccccc32)=C1C.[Cl-].[Cl-]. The molecule has 0 radical (unpaired) electrons. The van der Waals surface area contributed by atoms with E-state index < -0.39 is 22.9 Å². The van der Waals surface area contributed by atoms with E-state index in [4.69, 9.17) is 0 Å². The van der Waals surface area contributed by atoms with Gasteiger partial charge in [-0.2, -0.15) is 0 Å². The number of aromatic nitrogens is 1. The molecule has 6 rings (SSSR count). The molecule has 0 spiro atoms. The zero-order chi connectivity index (χ0) is 20.2. The number of rotatable bonds is 3. The molecule has 1 unspecified atom stereocenters. The molecule has 0 saturated heterocycles. The number of hydrogen-bond donors (Lipinski definition) is 0. The minimum Gasteiger partial charge on any atom is -1.00 e. The van der Waals surface area contributed by atoms with Crippen LogP contribution in [0, 0.1) is 0 Å². The maximum Gasteiger partial charge on any atom is -1.00 e. The summed E-state index contributed by atoms with van der Waals surface area (Å²) in [6.07, 6.45) is 11.3. The molecular weight excluding hydrogens is 600 g/mol. The number of benzene rings is 2. The quantitative estimate of drug-likeness (QED) is 0.387. The summed E-state index contributed by atoms with van der Waals surface area (Å²) in [7, 11) is 0. The number of hydrogen-bond acceptors (Lipinski definition) is 0. The average molecular weight is 627 g/mol. The van der Waals surface area contributed by atoms with Gasteiger partial charge in [-0.3, -0.25) is 0 Å². The van der Waals surface area contributed by atoms with Crippen molar-refractivity contribution in [3.63, 3.8) is 0 Å². The monoisotopic (exact) mass is 627 g/mol. The van der Waals surface area contributed by atoms with Gasteiger partial charge in [-0.1, -0.05) is 0 Å². The molecule has 0 bridgehead atoms. The number of aryl methyl sites for hydroxylation is 1. The third-order valence-corrected chi connectivity index (χ3v) is 13.9. The van der Waals surface area contributed by atoms with Gasteiger partial charge in [0, 0.05) is 0 Å². The topological polar surface area (TPSA) is 4.93 Å². The fourth-order valence-corrected chi connectivity index (χ4v) is 11.9. The molecule has 3 aromatic rings. The van der Waals surface area contributed by atoms with Crippen LogP contribution < -0.4 is 24.8 Å². The van der Waals surface area contributed by atoms with E-state index in [0.29, 0.717) is 3.67 Å². The Balaban J connectivity index is 0.00000122. The van der Waals surface area contributed by atoms with Crippen LogP contribution in [0.3, 0.4) is 0 Å². The molecule has 0 aliphatic heterocycles. The van der Waals surface area contributed by atoms with E-state index in [-0.39, 0.29) is 24.8 Å². The molecule has 0 amide bonds. The van der Waals surface area contributed by atoms with E-state index in [2.05, 4.69) is 79.1 Å². The molecule has 0 N–H and O–H groups in total. The van der Waals surface area contributed by atoms with Gasteiger partial charge in [0.2, 0.25) is 0 Å². The van der Waals surface area contributed by atoms with Crippen LogP contribution in [0.4, 0.5) is 0 Å². The summed E-state index contributed by atoms with van der Waals surface area (Å²) in [5.41, 5.74) is 12.4. The van der Waals surface area contributed by atoms with E-state index in [9.17, 15) is 0 Å². The van der Waals surface area contributed by atoms with Gasteiger partial charge in [-0.05, 0) is 0 Å². The fraction of sp³-hybridized carbons (Fsp3) is 0.286. The number of halogens is 2. The Hall–Kier alpha value is -1.35. The summed E-state index contributed by atoms with van der Waals surface area (Å²) in [5, 5.41) is 1.49. The first kappa shape index (κ1) is 23.8. The van der Waals surface area contributed by atoms with Crippen LogP contribution in [-0.4, -0.2) is 4.57 Å². The molecule has 1 aromatic heterocycles. The largest absolute Gasteiger partial charge is 1.00 e. The molecule has 1 atom stereocenters. The molecular formula is C28H27Cl2HfN. The normalized spacial score (nSPS) is 18.9. The fourth-order valence-electron chi connectivity index (χ4n) is 5.58. The predicted molar refractivity (Wildman–Crippen MR) is 123 cm³/mol. The van der Waals surface area contributed by atoms with Gasteiger partial charge in [0.25, 0.3) is 0 Å². The van der Waals surface area contributed by atoms with E-state index in [1.165, 1.54) is 54.1 Å². The van der Waals surface area contributed by atoms with Crippen molar-refractivity contribution < 1.29 is 47.7 Å². The zero-order valence-corrected chi connectivity index (χ0v) is 23.7. The van der Waals surface area contributed by atoms with Crippen molar-refractivity contribution in [3.05, 3.63) is 91.5 Å². The Morgan fingerprint density at radius 1 is 0.906 bits per heavy atom. The molecule has 1 nitrogen and oxygen atoms in total. The van der Waals surface area contributed by atoms with Gasteiger partial charge in [0.1, 0.15) is 0 Å². The minimum absolute atomic E-state index is 0. The first-order valence-electron chi connectivity index (χ1n) is 11.3. The third-order valence-electron chi connectivity index (χ3n) is 7.32. The van der Waals surface area contributed by atoms with Crippen molar-refractivity contribution in [1.29, 1.82) is 0 Å². The molecule has 2 aromatic carbocycles. The molecule has 162 valence electrons. The van der Waals surface area contributed by atoms with Crippen molar-refractivity contribution in [2.45, 2.75) is 49.6 Å². The summed E-state index contributed by atoms with van der Waals surface area (Å²) in [6.45, 7) is 4.65. The first-order valence-corrected chi connectivity index (χ1v) is 15.1. The zero-order valence-electron chi connectivity index (χ0n) is 18.6. The summed E-state index contributed by atoms with van der Waals surface area (Å²) >= 11 is -1.08. The Bertz CT molecular complexity index is 1280. The average Bonchev–Trinajstić information content (AvgIpc) is 3.41. The van der Waals surface area contributed by atoms with Crippen molar-refractivity contribution in [3.8, 4) is 0 Å². The maximum absolute atomic E-state index is 2.70. The minimum atomic E-state index is -1.08. The predicted octanol–water partition coefficient (Wildman–Crippen LogP) is 1.29. The smallest absolute Gasteiger partial charge is 1.00 e. The van der Waals surface area contributed by atoms with Crippen LogP contribution in [0.25, 0.3) is 22.7 Å². The summed E-state index contributed by atoms with van der Waals surface area (Å²) < 4.78 is 5.14. The van der Waals surface area contributed by atoms with Crippen LogP contribution in [-0.2, 0) is 35.7 Å². The Morgan fingerprint density at radius 3 is 2.47 bits per heavy atom. The molecule has 0 saturated carbocycles. The number of allylic oxidation sites excluding steroid dienone is 5. The molecule has 32 heavy (non-hydrogen) atoms. The molecule has 4 heteroatoms. The van der Waals surface area contributed by atoms with E-state index in [1.54, 1.807) is 28.1 Å². The molecule has 3 aliphatic carbocycles. The number of para-hydroxylation sites is 1.